The van der Waals surface area contributed by atoms with Gasteiger partial charge in [0.1, 0.15) is 0 Å². The molecule has 0 aliphatic carbocycles. The first-order valence-electron chi connectivity index (χ1n) is 4.29. The number of ether oxygens (including phenoxy) is 1. The molecule has 2 rings (SSSR count). The smallest absolute Gasteiger partial charge is 0.216 e. The van der Waals surface area contributed by atoms with Crippen molar-refractivity contribution in [2.24, 2.45) is 4.99 Å². The van der Waals surface area contributed by atoms with Crippen LogP contribution in [0.3, 0.4) is 0 Å². The van der Waals surface area contributed by atoms with Crippen LogP contribution in [-0.4, -0.2) is 19.0 Å². The fourth-order valence-electron chi connectivity index (χ4n) is 1.26. The molecule has 0 aromatic heterocycles. The highest BCUT2D eigenvalue weighted by atomic mass is 79.9. The van der Waals surface area contributed by atoms with Gasteiger partial charge in [-0.2, -0.15) is 0 Å². The normalized spacial score (nSPS) is 16.2. The van der Waals surface area contributed by atoms with E-state index in [0.29, 0.717) is 0 Å². The van der Waals surface area contributed by atoms with Crippen molar-refractivity contribution in [3.63, 3.8) is 0 Å². The van der Waals surface area contributed by atoms with E-state index >= 15 is 0 Å². The molecule has 1 aliphatic heterocycles. The van der Waals surface area contributed by atoms with Crippen LogP contribution in [0, 0.1) is 0 Å². The van der Waals surface area contributed by atoms with Crippen molar-refractivity contribution in [3.05, 3.63) is 34.3 Å². The van der Waals surface area contributed by atoms with Gasteiger partial charge < -0.3 is 4.74 Å². The van der Waals surface area contributed by atoms with Gasteiger partial charge in [-0.25, -0.2) is 0 Å². The molecule has 0 N–H and O–H groups in total. The minimum atomic E-state index is 0.771. The van der Waals surface area contributed by atoms with Crippen LogP contribution in [0.25, 0.3) is 0 Å². The molecule has 13 heavy (non-hydrogen) atoms. The van der Waals surface area contributed by atoms with Crippen LogP contribution in [0.5, 0.6) is 0 Å². The number of halogens is 1. The topological polar surface area (TPSA) is 21.6 Å². The van der Waals surface area contributed by atoms with Crippen LogP contribution in [0.1, 0.15) is 12.0 Å². The molecule has 3 heteroatoms. The number of nitrogens with zero attached hydrogens (tertiary/aromatic N) is 1. The van der Waals surface area contributed by atoms with E-state index in [0.717, 1.165) is 35.5 Å². The van der Waals surface area contributed by atoms with E-state index in [2.05, 4.69) is 20.9 Å². The van der Waals surface area contributed by atoms with Gasteiger partial charge in [-0.3, -0.25) is 4.99 Å². The van der Waals surface area contributed by atoms with Gasteiger partial charge in [-0.15, -0.1) is 0 Å². The first-order chi connectivity index (χ1) is 6.36. The van der Waals surface area contributed by atoms with Gasteiger partial charge in [0.15, 0.2) is 0 Å². The summed E-state index contributed by atoms with van der Waals surface area (Å²) < 4.78 is 6.51. The monoisotopic (exact) mass is 239 g/mol. The molecule has 0 unspecified atom stereocenters. The maximum Gasteiger partial charge on any atom is 0.216 e. The predicted octanol–water partition coefficient (Wildman–Crippen LogP) is 2.62. The molecule has 1 aromatic rings. The molecule has 68 valence electrons. The SMILES string of the molecule is Brc1cccc(C2=NCCCO2)c1. The van der Waals surface area contributed by atoms with Gasteiger partial charge in [0.05, 0.1) is 6.61 Å². The molecule has 0 saturated carbocycles. The van der Waals surface area contributed by atoms with Crippen LogP contribution in [-0.2, 0) is 4.74 Å². The van der Waals surface area contributed by atoms with Gasteiger partial charge in [-0.1, -0.05) is 22.0 Å². The van der Waals surface area contributed by atoms with Crippen molar-refractivity contribution in [2.75, 3.05) is 13.2 Å². The number of rotatable bonds is 1. The lowest BCUT2D eigenvalue weighted by Crippen LogP contribution is -2.14. The van der Waals surface area contributed by atoms with Crippen molar-refractivity contribution in [1.29, 1.82) is 0 Å². The number of hydrogen-bond acceptors (Lipinski definition) is 2. The maximum atomic E-state index is 5.45. The van der Waals surface area contributed by atoms with Crippen molar-refractivity contribution in [1.82, 2.24) is 0 Å². The fourth-order valence-corrected chi connectivity index (χ4v) is 1.66. The summed E-state index contributed by atoms with van der Waals surface area (Å²) >= 11 is 3.42. The first-order valence-corrected chi connectivity index (χ1v) is 5.09. The van der Waals surface area contributed by atoms with E-state index in [1.54, 1.807) is 0 Å². The Morgan fingerprint density at radius 2 is 2.31 bits per heavy atom. The summed E-state index contributed by atoms with van der Waals surface area (Å²) in [4.78, 5) is 4.31. The number of aliphatic imine (C=N–C) groups is 1. The summed E-state index contributed by atoms with van der Waals surface area (Å²) in [6.45, 7) is 1.66. The molecule has 0 radical (unpaired) electrons. The quantitative estimate of drug-likeness (QED) is 0.739. The molecular weight excluding hydrogens is 230 g/mol. The molecule has 1 heterocycles. The van der Waals surface area contributed by atoms with Crippen LogP contribution < -0.4 is 0 Å². The average molecular weight is 240 g/mol. The van der Waals surface area contributed by atoms with E-state index in [9.17, 15) is 0 Å². The highest BCUT2D eigenvalue weighted by Crippen LogP contribution is 2.14. The van der Waals surface area contributed by atoms with E-state index in [4.69, 9.17) is 4.74 Å². The minimum Gasteiger partial charge on any atom is -0.477 e. The molecule has 2 nitrogen and oxygen atoms in total. The van der Waals surface area contributed by atoms with Crippen LogP contribution in [0.15, 0.2) is 33.7 Å². The lowest BCUT2D eigenvalue weighted by molar-refractivity contribution is 0.284. The Bertz CT molecular complexity index is 335. The molecule has 1 aromatic carbocycles. The van der Waals surface area contributed by atoms with Gasteiger partial charge >= 0.3 is 0 Å². The molecule has 0 spiro atoms. The van der Waals surface area contributed by atoms with Crippen molar-refractivity contribution in [3.8, 4) is 0 Å². The summed E-state index contributed by atoms with van der Waals surface area (Å²) in [5, 5.41) is 0. The Labute approximate surface area is 85.8 Å². The number of benzene rings is 1. The second kappa shape index (κ2) is 3.92. The largest absolute Gasteiger partial charge is 0.477 e. The number of hydrogen-bond donors (Lipinski definition) is 0. The first kappa shape index (κ1) is 8.75. The predicted molar refractivity (Wildman–Crippen MR) is 56.1 cm³/mol. The summed E-state index contributed by atoms with van der Waals surface area (Å²) in [5.41, 5.74) is 1.05. The Kier molecular flexibility index (Phi) is 2.64. The van der Waals surface area contributed by atoms with Gasteiger partial charge in [0, 0.05) is 23.0 Å². The lowest BCUT2D eigenvalue weighted by atomic mass is 10.2. The Hall–Kier alpha value is -0.830. The molecule has 0 fully saturated rings. The highest BCUT2D eigenvalue weighted by molar-refractivity contribution is 9.10. The zero-order chi connectivity index (χ0) is 9.10. The van der Waals surface area contributed by atoms with Crippen LogP contribution in [0.4, 0.5) is 0 Å². The molecule has 0 bridgehead atoms. The van der Waals surface area contributed by atoms with E-state index in [1.807, 2.05) is 24.3 Å². The highest BCUT2D eigenvalue weighted by Gasteiger charge is 2.08. The average Bonchev–Trinajstić information content (AvgIpc) is 2.19. The molecule has 0 amide bonds. The molecule has 0 atom stereocenters. The van der Waals surface area contributed by atoms with Gasteiger partial charge in [-0.05, 0) is 18.2 Å². The van der Waals surface area contributed by atoms with Crippen LogP contribution >= 0.6 is 15.9 Å². The van der Waals surface area contributed by atoms with Crippen LogP contribution in [0.2, 0.25) is 0 Å². The second-order valence-electron chi connectivity index (χ2n) is 2.90. The van der Waals surface area contributed by atoms with Crippen molar-refractivity contribution in [2.45, 2.75) is 6.42 Å². The third-order valence-electron chi connectivity index (χ3n) is 1.87. The van der Waals surface area contributed by atoms with Gasteiger partial charge in [0.2, 0.25) is 5.90 Å². The standard InChI is InChI=1S/C10H10BrNO/c11-9-4-1-3-8(7-9)10-12-5-2-6-13-10/h1,3-4,7H,2,5-6H2. The Balaban J connectivity index is 2.29. The maximum absolute atomic E-state index is 5.45. The zero-order valence-electron chi connectivity index (χ0n) is 7.16. The molecule has 1 aliphatic rings. The third-order valence-corrected chi connectivity index (χ3v) is 2.36. The van der Waals surface area contributed by atoms with Gasteiger partial charge in [0.25, 0.3) is 0 Å². The van der Waals surface area contributed by atoms with E-state index in [-0.39, 0.29) is 0 Å². The Morgan fingerprint density at radius 3 is 3.00 bits per heavy atom. The van der Waals surface area contributed by atoms with E-state index < -0.39 is 0 Å². The zero-order valence-corrected chi connectivity index (χ0v) is 8.75. The van der Waals surface area contributed by atoms with E-state index in [1.165, 1.54) is 0 Å². The summed E-state index contributed by atoms with van der Waals surface area (Å²) in [5.74, 6) is 0.771. The third kappa shape index (κ3) is 2.10. The molecule has 0 saturated heterocycles. The second-order valence-corrected chi connectivity index (χ2v) is 3.81. The Morgan fingerprint density at radius 1 is 1.38 bits per heavy atom. The van der Waals surface area contributed by atoms with Crippen molar-refractivity contribution < 1.29 is 4.74 Å². The molecular formula is C10H10BrNO. The minimum absolute atomic E-state index is 0.771. The summed E-state index contributed by atoms with van der Waals surface area (Å²) in [6.07, 6.45) is 1.03. The summed E-state index contributed by atoms with van der Waals surface area (Å²) in [6, 6.07) is 8.01. The fraction of sp³-hybridized carbons (Fsp3) is 0.300. The van der Waals surface area contributed by atoms with Crippen molar-refractivity contribution >= 4 is 21.8 Å². The lowest BCUT2D eigenvalue weighted by Gasteiger charge is -2.13. The summed E-state index contributed by atoms with van der Waals surface area (Å²) in [7, 11) is 0.